The first-order valence-electron chi connectivity index (χ1n) is 11.5. The van der Waals surface area contributed by atoms with E-state index in [0.717, 1.165) is 42.6 Å². The number of aryl methyl sites for hydroxylation is 1. The number of methoxy groups -OCH3 is 1. The summed E-state index contributed by atoms with van der Waals surface area (Å²) < 4.78 is 10.4. The van der Waals surface area contributed by atoms with Gasteiger partial charge in [-0.1, -0.05) is 0 Å². The standard InChI is InChI=1S/C23H34N4O4/c1-15-14-31-21(12-25-15)22(28)27(19-7-8-19)13-16-10-18(4-3-9-24-23(29)30-2)26-20(11-16)17-5-6-17/h10-11,15,17,19,21,25H,3-9,12-14H2,1-2H3,(H,24,29)/t15-,21+/m0/s1. The van der Waals surface area contributed by atoms with E-state index in [1.165, 1.54) is 20.0 Å². The molecule has 3 fully saturated rings. The number of hydrogen-bond donors (Lipinski definition) is 2. The molecule has 170 valence electrons. The van der Waals surface area contributed by atoms with Gasteiger partial charge in [-0.25, -0.2) is 4.79 Å². The van der Waals surface area contributed by atoms with Crippen LogP contribution in [0, 0.1) is 0 Å². The lowest BCUT2D eigenvalue weighted by Crippen LogP contribution is -2.52. The van der Waals surface area contributed by atoms with E-state index in [2.05, 4.69) is 34.4 Å². The minimum atomic E-state index is -0.409. The Labute approximate surface area is 184 Å². The SMILES string of the molecule is COC(=O)NCCCc1cc(CN(C(=O)[C@H]2CN[C@@H](C)CO2)C2CC2)cc(C2CC2)n1. The molecular formula is C23H34N4O4. The summed E-state index contributed by atoms with van der Waals surface area (Å²) in [4.78, 5) is 31.3. The van der Waals surface area contributed by atoms with Crippen molar-refractivity contribution in [1.82, 2.24) is 20.5 Å². The highest BCUT2D eigenvalue weighted by atomic mass is 16.5. The van der Waals surface area contributed by atoms with Gasteiger partial charge >= 0.3 is 6.09 Å². The first kappa shape index (κ1) is 22.0. The molecule has 2 atom stereocenters. The average Bonchev–Trinajstić information content (AvgIpc) is 3.68. The number of nitrogens with one attached hydrogen (secondary N) is 2. The van der Waals surface area contributed by atoms with Crippen LogP contribution in [-0.4, -0.2) is 66.9 Å². The van der Waals surface area contributed by atoms with Crippen molar-refractivity contribution in [2.24, 2.45) is 0 Å². The van der Waals surface area contributed by atoms with Crippen LogP contribution >= 0.6 is 0 Å². The molecule has 2 aliphatic carbocycles. The molecule has 1 aliphatic heterocycles. The van der Waals surface area contributed by atoms with Gasteiger partial charge < -0.3 is 25.0 Å². The third-order valence-corrected chi connectivity index (χ3v) is 6.12. The van der Waals surface area contributed by atoms with E-state index in [9.17, 15) is 9.59 Å². The summed E-state index contributed by atoms with van der Waals surface area (Å²) in [7, 11) is 1.37. The van der Waals surface area contributed by atoms with Crippen LogP contribution in [0.15, 0.2) is 12.1 Å². The topological polar surface area (TPSA) is 92.8 Å². The molecule has 1 saturated heterocycles. The van der Waals surface area contributed by atoms with Crippen LogP contribution < -0.4 is 10.6 Å². The molecule has 8 heteroatoms. The van der Waals surface area contributed by atoms with Crippen molar-refractivity contribution >= 4 is 12.0 Å². The molecule has 2 amide bonds. The molecule has 31 heavy (non-hydrogen) atoms. The normalized spacial score (nSPS) is 23.3. The molecule has 1 aromatic rings. The Morgan fingerprint density at radius 2 is 2.10 bits per heavy atom. The number of hydrogen-bond acceptors (Lipinski definition) is 6. The van der Waals surface area contributed by atoms with Gasteiger partial charge in [-0.2, -0.15) is 0 Å². The maximum atomic E-state index is 13.2. The Morgan fingerprint density at radius 1 is 1.29 bits per heavy atom. The Kier molecular flexibility index (Phi) is 7.07. The molecule has 0 bridgehead atoms. The number of aromatic nitrogens is 1. The van der Waals surface area contributed by atoms with Crippen molar-refractivity contribution in [3.8, 4) is 0 Å². The Bertz CT molecular complexity index is 786. The number of carbonyl (C=O) groups excluding carboxylic acids is 2. The van der Waals surface area contributed by atoms with Gasteiger partial charge in [0.05, 0.1) is 13.7 Å². The molecule has 2 saturated carbocycles. The summed E-state index contributed by atoms with van der Waals surface area (Å²) in [5.74, 6) is 0.639. The first-order valence-corrected chi connectivity index (χ1v) is 11.5. The quantitative estimate of drug-likeness (QED) is 0.583. The summed E-state index contributed by atoms with van der Waals surface area (Å²) in [6.45, 7) is 4.37. The van der Waals surface area contributed by atoms with E-state index in [1.54, 1.807) is 0 Å². The monoisotopic (exact) mass is 430 g/mol. The number of morpholine rings is 1. The van der Waals surface area contributed by atoms with Crippen LogP contribution in [0.4, 0.5) is 4.79 Å². The van der Waals surface area contributed by atoms with Crippen molar-refractivity contribution in [3.63, 3.8) is 0 Å². The summed E-state index contributed by atoms with van der Waals surface area (Å²) in [6, 6.07) is 4.91. The Morgan fingerprint density at radius 3 is 2.74 bits per heavy atom. The second-order valence-corrected chi connectivity index (χ2v) is 9.02. The predicted octanol–water partition coefficient (Wildman–Crippen LogP) is 2.12. The third kappa shape index (κ3) is 6.17. The van der Waals surface area contributed by atoms with E-state index in [1.807, 2.05) is 4.90 Å². The molecule has 0 aromatic carbocycles. The highest BCUT2D eigenvalue weighted by Crippen LogP contribution is 2.40. The third-order valence-electron chi connectivity index (χ3n) is 6.12. The maximum absolute atomic E-state index is 13.2. The van der Waals surface area contributed by atoms with Gasteiger partial charge in [0, 0.05) is 49.0 Å². The molecule has 2 N–H and O–H groups in total. The van der Waals surface area contributed by atoms with Gasteiger partial charge in [0.1, 0.15) is 6.10 Å². The van der Waals surface area contributed by atoms with E-state index >= 15 is 0 Å². The van der Waals surface area contributed by atoms with Crippen molar-refractivity contribution < 1.29 is 19.1 Å². The van der Waals surface area contributed by atoms with Gasteiger partial charge in [0.15, 0.2) is 0 Å². The van der Waals surface area contributed by atoms with Crippen LogP contribution in [-0.2, 0) is 27.2 Å². The summed E-state index contributed by atoms with van der Waals surface area (Å²) >= 11 is 0. The van der Waals surface area contributed by atoms with Gasteiger partial charge in [-0.15, -0.1) is 0 Å². The number of rotatable bonds is 9. The first-order chi connectivity index (χ1) is 15.0. The van der Waals surface area contributed by atoms with Crippen LogP contribution in [0.1, 0.15) is 61.9 Å². The van der Waals surface area contributed by atoms with Gasteiger partial charge in [0.25, 0.3) is 5.91 Å². The zero-order valence-corrected chi connectivity index (χ0v) is 18.6. The largest absolute Gasteiger partial charge is 0.453 e. The molecule has 2 heterocycles. The second kappa shape index (κ2) is 9.96. The van der Waals surface area contributed by atoms with Crippen molar-refractivity contribution in [2.45, 2.75) is 76.1 Å². The van der Waals surface area contributed by atoms with Gasteiger partial charge in [0.2, 0.25) is 0 Å². The summed E-state index contributed by atoms with van der Waals surface area (Å²) in [5, 5.41) is 6.07. The van der Waals surface area contributed by atoms with Gasteiger partial charge in [-0.3, -0.25) is 9.78 Å². The molecular weight excluding hydrogens is 396 g/mol. The minimum absolute atomic E-state index is 0.0931. The lowest BCUT2D eigenvalue weighted by atomic mass is 10.1. The fourth-order valence-corrected chi connectivity index (χ4v) is 4.02. The number of alkyl carbamates (subject to hydrolysis) is 1. The van der Waals surface area contributed by atoms with Crippen molar-refractivity contribution in [3.05, 3.63) is 29.1 Å². The highest BCUT2D eigenvalue weighted by molar-refractivity contribution is 5.82. The number of carbonyl (C=O) groups is 2. The Balaban J connectivity index is 1.42. The zero-order chi connectivity index (χ0) is 21.8. The molecule has 8 nitrogen and oxygen atoms in total. The van der Waals surface area contributed by atoms with Gasteiger partial charge in [-0.05, 0) is 63.1 Å². The highest BCUT2D eigenvalue weighted by Gasteiger charge is 2.37. The molecule has 0 radical (unpaired) electrons. The number of pyridine rings is 1. The van der Waals surface area contributed by atoms with E-state index in [0.29, 0.717) is 38.2 Å². The predicted molar refractivity (Wildman–Crippen MR) is 116 cm³/mol. The van der Waals surface area contributed by atoms with E-state index < -0.39 is 12.2 Å². The summed E-state index contributed by atoms with van der Waals surface area (Å²) in [5.41, 5.74) is 3.31. The van der Waals surface area contributed by atoms with E-state index in [-0.39, 0.29) is 11.9 Å². The van der Waals surface area contributed by atoms with Crippen molar-refractivity contribution in [2.75, 3.05) is 26.8 Å². The molecule has 3 aliphatic rings. The average molecular weight is 431 g/mol. The van der Waals surface area contributed by atoms with Crippen LogP contribution in [0.25, 0.3) is 0 Å². The Hall–Kier alpha value is -2.19. The van der Waals surface area contributed by atoms with Crippen molar-refractivity contribution in [1.29, 1.82) is 0 Å². The molecule has 4 rings (SSSR count). The zero-order valence-electron chi connectivity index (χ0n) is 18.6. The number of ether oxygens (including phenoxy) is 2. The van der Waals surface area contributed by atoms with Crippen LogP contribution in [0.5, 0.6) is 0 Å². The van der Waals surface area contributed by atoms with Crippen LogP contribution in [0.3, 0.4) is 0 Å². The number of nitrogens with zero attached hydrogens (tertiary/aromatic N) is 2. The lowest BCUT2D eigenvalue weighted by molar-refractivity contribution is -0.147. The smallest absolute Gasteiger partial charge is 0.406 e. The lowest BCUT2D eigenvalue weighted by Gasteiger charge is -2.32. The molecule has 0 unspecified atom stereocenters. The second-order valence-electron chi connectivity index (χ2n) is 9.02. The fourth-order valence-electron chi connectivity index (χ4n) is 4.02. The summed E-state index contributed by atoms with van der Waals surface area (Å²) in [6.07, 6.45) is 5.26. The number of amides is 2. The molecule has 1 aromatic heterocycles. The minimum Gasteiger partial charge on any atom is -0.453 e. The maximum Gasteiger partial charge on any atom is 0.406 e. The van der Waals surface area contributed by atoms with Crippen LogP contribution in [0.2, 0.25) is 0 Å². The molecule has 0 spiro atoms. The fraction of sp³-hybridized carbons (Fsp3) is 0.696. The van der Waals surface area contributed by atoms with E-state index in [4.69, 9.17) is 9.72 Å².